The van der Waals surface area contributed by atoms with E-state index in [-0.39, 0.29) is 16.5 Å². The van der Waals surface area contributed by atoms with Crippen LogP contribution in [0.2, 0.25) is 15.2 Å². The molecule has 0 unspecified atom stereocenters. The van der Waals surface area contributed by atoms with Gasteiger partial charge in [0.2, 0.25) is 0 Å². The summed E-state index contributed by atoms with van der Waals surface area (Å²) in [6.07, 6.45) is 0. The quantitative estimate of drug-likeness (QED) is 0.269. The normalized spacial score (nSPS) is 10.9. The van der Waals surface area contributed by atoms with Crippen molar-refractivity contribution >= 4 is 63.1 Å². The smallest absolute Gasteiger partial charge is 0.296 e. The molecule has 8 heteroatoms. The number of fused-ring (bicyclic) bond motifs is 1. The van der Waals surface area contributed by atoms with Crippen molar-refractivity contribution in [3.8, 4) is 5.75 Å². The topological polar surface area (TPSA) is 71.3 Å². The highest BCUT2D eigenvalue weighted by Gasteiger charge is 2.27. The Labute approximate surface area is 192 Å². The number of hydrogen-bond acceptors (Lipinski definition) is 3. The Hall–Kier alpha value is -2.99. The highest BCUT2D eigenvalue weighted by atomic mass is 35.5. The minimum Gasteiger partial charge on any atom is -0.508 e. The number of phenols is 1. The zero-order valence-corrected chi connectivity index (χ0v) is 18.2. The van der Waals surface area contributed by atoms with Crippen molar-refractivity contribution in [1.82, 2.24) is 4.57 Å². The molecule has 0 aliphatic heterocycles. The lowest BCUT2D eigenvalue weighted by Crippen LogP contribution is -2.23. The molecule has 4 rings (SSSR count). The lowest BCUT2D eigenvalue weighted by Gasteiger charge is -2.08. The van der Waals surface area contributed by atoms with Gasteiger partial charge in [0.15, 0.2) is 0 Å². The number of benzene rings is 3. The van der Waals surface area contributed by atoms with Crippen LogP contribution in [-0.4, -0.2) is 21.4 Å². The maximum atomic E-state index is 13.0. The van der Waals surface area contributed by atoms with E-state index >= 15 is 0 Å². The first-order valence-electron chi connectivity index (χ1n) is 9.20. The molecule has 0 fully saturated rings. The number of rotatable bonds is 5. The standard InChI is InChI=1S/C23H15Cl3N2O3/c24-14-6-4-13(5-7-14)12-28-19-9-8-17(29)11-18(19)20(22(28)26)21(30)23(31)27-16-3-1-2-15(25)10-16/h1-11,29H,12H2,(H,27,31). The van der Waals surface area contributed by atoms with Gasteiger partial charge in [-0.25, -0.2) is 0 Å². The van der Waals surface area contributed by atoms with Crippen LogP contribution in [0, 0.1) is 0 Å². The highest BCUT2D eigenvalue weighted by molar-refractivity contribution is 6.52. The number of aromatic nitrogens is 1. The second kappa shape index (κ2) is 8.63. The Morgan fingerprint density at radius 3 is 2.35 bits per heavy atom. The van der Waals surface area contributed by atoms with Crippen molar-refractivity contribution in [2.75, 3.05) is 5.32 Å². The van der Waals surface area contributed by atoms with E-state index < -0.39 is 11.7 Å². The Morgan fingerprint density at radius 1 is 0.903 bits per heavy atom. The van der Waals surface area contributed by atoms with Crippen LogP contribution in [0.15, 0.2) is 66.7 Å². The fourth-order valence-electron chi connectivity index (χ4n) is 3.32. The second-order valence-corrected chi connectivity index (χ2v) is 8.10. The van der Waals surface area contributed by atoms with E-state index in [4.69, 9.17) is 34.8 Å². The molecule has 0 bridgehead atoms. The van der Waals surface area contributed by atoms with Crippen LogP contribution in [-0.2, 0) is 11.3 Å². The average Bonchev–Trinajstić information content (AvgIpc) is 2.99. The molecule has 31 heavy (non-hydrogen) atoms. The van der Waals surface area contributed by atoms with Crippen molar-refractivity contribution in [2.45, 2.75) is 6.54 Å². The van der Waals surface area contributed by atoms with Crippen molar-refractivity contribution in [2.24, 2.45) is 0 Å². The summed E-state index contributed by atoms with van der Waals surface area (Å²) in [7, 11) is 0. The first kappa shape index (κ1) is 21.2. The molecule has 4 aromatic rings. The molecule has 0 aliphatic carbocycles. The van der Waals surface area contributed by atoms with Crippen LogP contribution in [0.1, 0.15) is 15.9 Å². The molecule has 0 radical (unpaired) electrons. The van der Waals surface area contributed by atoms with Gasteiger partial charge in [0.1, 0.15) is 10.9 Å². The summed E-state index contributed by atoms with van der Waals surface area (Å²) in [4.78, 5) is 25.7. The van der Waals surface area contributed by atoms with Crippen molar-refractivity contribution < 1.29 is 14.7 Å². The van der Waals surface area contributed by atoms with Gasteiger partial charge < -0.3 is 15.0 Å². The number of carbonyl (C=O) groups is 2. The number of ketones is 1. The number of amides is 1. The summed E-state index contributed by atoms with van der Waals surface area (Å²) in [6.45, 7) is 0.348. The second-order valence-electron chi connectivity index (χ2n) is 6.87. The molecule has 0 aliphatic rings. The molecule has 156 valence electrons. The number of aromatic hydroxyl groups is 1. The van der Waals surface area contributed by atoms with E-state index in [0.29, 0.717) is 33.2 Å². The molecular formula is C23H15Cl3N2O3. The number of carbonyl (C=O) groups excluding carboxylic acids is 2. The van der Waals surface area contributed by atoms with E-state index in [0.717, 1.165) is 5.56 Å². The highest BCUT2D eigenvalue weighted by Crippen LogP contribution is 2.34. The van der Waals surface area contributed by atoms with Gasteiger partial charge in [-0.3, -0.25) is 9.59 Å². The zero-order chi connectivity index (χ0) is 22.1. The van der Waals surface area contributed by atoms with Gasteiger partial charge in [-0.2, -0.15) is 0 Å². The monoisotopic (exact) mass is 472 g/mol. The van der Waals surface area contributed by atoms with E-state index in [1.54, 1.807) is 41.0 Å². The molecule has 2 N–H and O–H groups in total. The van der Waals surface area contributed by atoms with Gasteiger partial charge in [0, 0.05) is 27.7 Å². The minimum absolute atomic E-state index is 0.0149. The van der Waals surface area contributed by atoms with Gasteiger partial charge in [-0.05, 0) is 54.1 Å². The molecule has 5 nitrogen and oxygen atoms in total. The van der Waals surface area contributed by atoms with E-state index in [1.165, 1.54) is 18.2 Å². The van der Waals surface area contributed by atoms with Crippen LogP contribution in [0.5, 0.6) is 5.75 Å². The largest absolute Gasteiger partial charge is 0.508 e. The first-order valence-corrected chi connectivity index (χ1v) is 10.3. The maximum absolute atomic E-state index is 13.0. The number of anilines is 1. The number of phenolic OH excluding ortho intramolecular Hbond substituents is 1. The molecule has 1 heterocycles. The number of nitrogens with one attached hydrogen (secondary N) is 1. The number of hydrogen-bond donors (Lipinski definition) is 2. The Morgan fingerprint density at radius 2 is 1.65 bits per heavy atom. The molecule has 0 saturated heterocycles. The molecule has 3 aromatic carbocycles. The maximum Gasteiger partial charge on any atom is 0.296 e. The van der Waals surface area contributed by atoms with Crippen LogP contribution >= 0.6 is 34.8 Å². The molecule has 1 aromatic heterocycles. The van der Waals surface area contributed by atoms with Crippen molar-refractivity contribution in [3.63, 3.8) is 0 Å². The summed E-state index contributed by atoms with van der Waals surface area (Å²) in [5, 5.41) is 14.0. The summed E-state index contributed by atoms with van der Waals surface area (Å²) in [6, 6.07) is 18.2. The summed E-state index contributed by atoms with van der Waals surface area (Å²) >= 11 is 18.5. The number of Topliss-reactive ketones (excluding diaryl/α,β-unsaturated/α-hetero) is 1. The third kappa shape index (κ3) is 4.39. The molecular weight excluding hydrogens is 459 g/mol. The van der Waals surface area contributed by atoms with Gasteiger partial charge in [-0.15, -0.1) is 0 Å². The predicted octanol–water partition coefficient (Wildman–Crippen LogP) is 6.18. The van der Waals surface area contributed by atoms with Gasteiger partial charge >= 0.3 is 0 Å². The lowest BCUT2D eigenvalue weighted by molar-refractivity contribution is -0.112. The Balaban J connectivity index is 1.75. The van der Waals surface area contributed by atoms with Crippen molar-refractivity contribution in [1.29, 1.82) is 0 Å². The lowest BCUT2D eigenvalue weighted by atomic mass is 10.1. The number of nitrogens with zero attached hydrogens (tertiary/aromatic N) is 1. The predicted molar refractivity (Wildman–Crippen MR) is 124 cm³/mol. The summed E-state index contributed by atoms with van der Waals surface area (Å²) in [5.74, 6) is -1.73. The van der Waals surface area contributed by atoms with E-state index in [9.17, 15) is 14.7 Å². The van der Waals surface area contributed by atoms with E-state index in [1.807, 2.05) is 12.1 Å². The molecule has 0 atom stereocenters. The van der Waals surface area contributed by atoms with Crippen molar-refractivity contribution in [3.05, 3.63) is 93.1 Å². The third-order valence-electron chi connectivity index (χ3n) is 4.75. The Kier molecular flexibility index (Phi) is 5.92. The fraction of sp³-hybridized carbons (Fsp3) is 0.0435. The average molecular weight is 474 g/mol. The van der Waals surface area contributed by atoms with Gasteiger partial charge in [0.05, 0.1) is 11.1 Å². The Bertz CT molecular complexity index is 1310. The number of halogens is 3. The van der Waals surface area contributed by atoms with Crippen LogP contribution in [0.25, 0.3) is 10.9 Å². The fourth-order valence-corrected chi connectivity index (χ4v) is 3.98. The van der Waals surface area contributed by atoms with Gasteiger partial charge in [-0.1, -0.05) is 53.0 Å². The SMILES string of the molecule is O=C(Nc1cccc(Cl)c1)C(=O)c1c(Cl)n(Cc2ccc(Cl)cc2)c2ccc(O)cc12. The summed E-state index contributed by atoms with van der Waals surface area (Å²) in [5.41, 5.74) is 1.91. The molecule has 1 amide bonds. The molecule has 0 saturated carbocycles. The van der Waals surface area contributed by atoms with Gasteiger partial charge in [0.25, 0.3) is 11.7 Å². The van der Waals surface area contributed by atoms with Crippen LogP contribution < -0.4 is 5.32 Å². The third-order valence-corrected chi connectivity index (χ3v) is 5.63. The van der Waals surface area contributed by atoms with Crippen LogP contribution in [0.3, 0.4) is 0 Å². The minimum atomic E-state index is -0.863. The van der Waals surface area contributed by atoms with Crippen LogP contribution in [0.4, 0.5) is 5.69 Å². The summed E-state index contributed by atoms with van der Waals surface area (Å²) < 4.78 is 1.71. The zero-order valence-electron chi connectivity index (χ0n) is 15.9. The van der Waals surface area contributed by atoms with E-state index in [2.05, 4.69) is 5.32 Å². The first-order chi connectivity index (χ1) is 14.8. The molecule has 0 spiro atoms.